The molecule has 0 saturated carbocycles. The molecule has 1 N–H and O–H groups in total. The molecule has 0 amide bonds. The molecule has 86 valence electrons. The van der Waals surface area contributed by atoms with Crippen LogP contribution in [0.3, 0.4) is 0 Å². The predicted octanol–water partition coefficient (Wildman–Crippen LogP) is 4.25. The lowest BCUT2D eigenvalue weighted by atomic mass is 9.78. The molecule has 0 aromatic rings. The van der Waals surface area contributed by atoms with Gasteiger partial charge in [-0.2, -0.15) is 0 Å². The fourth-order valence-electron chi connectivity index (χ4n) is 1.58. The monoisotopic (exact) mass is 207 g/mol. The number of hydrogen-bond donors (Lipinski definition) is 1. The van der Waals surface area contributed by atoms with E-state index in [2.05, 4.69) is 60.0 Å². The van der Waals surface area contributed by atoms with Gasteiger partial charge >= 0.3 is 0 Å². The number of hydrogen-bond acceptors (Lipinski definition) is 1. The van der Waals surface area contributed by atoms with Gasteiger partial charge in [-0.15, -0.1) is 0 Å². The minimum atomic E-state index is 0.0744. The summed E-state index contributed by atoms with van der Waals surface area (Å²) in [5.74, 6) is 0. The van der Waals surface area contributed by atoms with Crippen LogP contribution in [0.4, 0.5) is 0 Å². The average Bonchev–Trinajstić information content (AvgIpc) is 2.00. The zero-order valence-corrected chi connectivity index (χ0v) is 11.1. The minimum absolute atomic E-state index is 0.0744. The minimum Gasteiger partial charge on any atom is -0.365 e. The van der Waals surface area contributed by atoms with Crippen LogP contribution in [0.5, 0.6) is 0 Å². The molecule has 0 bridgehead atoms. The Bertz CT molecular complexity index is 269. The van der Waals surface area contributed by atoms with Gasteiger partial charge in [-0.05, 0) is 17.2 Å². The van der Waals surface area contributed by atoms with Crippen molar-refractivity contribution >= 4 is 0 Å². The van der Waals surface area contributed by atoms with E-state index in [0.717, 1.165) is 0 Å². The Morgan fingerprint density at radius 2 is 1.40 bits per heavy atom. The van der Waals surface area contributed by atoms with Gasteiger partial charge in [0.1, 0.15) is 0 Å². The molecule has 0 saturated heterocycles. The fraction of sp³-hybridized carbons (Fsp3) is 0.571. The molecule has 0 fully saturated rings. The van der Waals surface area contributed by atoms with Crippen LogP contribution in [0.1, 0.15) is 41.5 Å². The topological polar surface area (TPSA) is 12.0 Å². The van der Waals surface area contributed by atoms with Gasteiger partial charge in [0.05, 0.1) is 0 Å². The highest BCUT2D eigenvalue weighted by Crippen LogP contribution is 2.35. The maximum absolute atomic E-state index is 3.91. The molecule has 1 heteroatoms. The summed E-state index contributed by atoms with van der Waals surface area (Å²) in [5.41, 5.74) is 2.61. The van der Waals surface area contributed by atoms with Crippen molar-refractivity contribution in [1.29, 1.82) is 0 Å². The molecule has 15 heavy (non-hydrogen) atoms. The number of rotatable bonds is 3. The van der Waals surface area contributed by atoms with Crippen LogP contribution in [-0.4, -0.2) is 0 Å². The van der Waals surface area contributed by atoms with E-state index in [4.69, 9.17) is 0 Å². The van der Waals surface area contributed by atoms with E-state index in [1.807, 2.05) is 6.08 Å². The summed E-state index contributed by atoms with van der Waals surface area (Å²) >= 11 is 0. The van der Waals surface area contributed by atoms with Crippen LogP contribution in [0.15, 0.2) is 36.7 Å². The maximum Gasteiger partial charge on any atom is 0.0238 e. The third kappa shape index (κ3) is 3.94. The molecule has 0 rings (SSSR count). The lowest BCUT2D eigenvalue weighted by molar-refractivity contribution is 0.435. The summed E-state index contributed by atoms with van der Waals surface area (Å²) in [6, 6.07) is 0. The van der Waals surface area contributed by atoms with Gasteiger partial charge in [0.2, 0.25) is 0 Å². The highest BCUT2D eigenvalue weighted by molar-refractivity contribution is 5.32. The molecular formula is C14H25N. The number of allylic oxidation sites excluding steroid dienone is 3. The normalized spacial score (nSPS) is 14.3. The van der Waals surface area contributed by atoms with Gasteiger partial charge in [-0.3, -0.25) is 0 Å². The van der Waals surface area contributed by atoms with E-state index in [9.17, 15) is 0 Å². The fourth-order valence-corrected chi connectivity index (χ4v) is 1.58. The first-order valence-electron chi connectivity index (χ1n) is 5.39. The zero-order valence-electron chi connectivity index (χ0n) is 11.1. The van der Waals surface area contributed by atoms with E-state index in [1.165, 1.54) is 11.3 Å². The first-order valence-corrected chi connectivity index (χ1v) is 5.39. The predicted molar refractivity (Wildman–Crippen MR) is 69.5 cm³/mol. The Balaban J connectivity index is 5.59. The first kappa shape index (κ1) is 14.0. The molecule has 0 aromatic carbocycles. The summed E-state index contributed by atoms with van der Waals surface area (Å²) in [6.07, 6.45) is 3.67. The lowest BCUT2D eigenvalue weighted by Gasteiger charge is -2.31. The molecule has 0 aromatic heterocycles. The first-order chi connectivity index (χ1) is 6.64. The molecule has 0 heterocycles. The van der Waals surface area contributed by atoms with E-state index < -0.39 is 0 Å². The Hall–Kier alpha value is -0.980. The molecule has 0 spiro atoms. The average molecular weight is 207 g/mol. The summed E-state index contributed by atoms with van der Waals surface area (Å²) in [5, 5.41) is 3.25. The van der Waals surface area contributed by atoms with Gasteiger partial charge < -0.3 is 5.32 Å². The quantitative estimate of drug-likeness (QED) is 0.682. The van der Waals surface area contributed by atoms with E-state index >= 15 is 0 Å². The van der Waals surface area contributed by atoms with Gasteiger partial charge in [-0.1, -0.05) is 60.8 Å². The van der Waals surface area contributed by atoms with Gasteiger partial charge in [-0.25, -0.2) is 0 Å². The molecular weight excluding hydrogens is 182 g/mol. The van der Waals surface area contributed by atoms with Crippen molar-refractivity contribution in [2.75, 3.05) is 0 Å². The van der Waals surface area contributed by atoms with Crippen molar-refractivity contribution in [2.24, 2.45) is 10.8 Å². The van der Waals surface area contributed by atoms with Crippen LogP contribution in [0.25, 0.3) is 0 Å². The molecule has 0 aliphatic carbocycles. The van der Waals surface area contributed by atoms with Crippen molar-refractivity contribution < 1.29 is 0 Å². The van der Waals surface area contributed by atoms with Crippen LogP contribution in [-0.2, 0) is 0 Å². The smallest absolute Gasteiger partial charge is 0.0238 e. The molecule has 0 atom stereocenters. The van der Waals surface area contributed by atoms with Crippen molar-refractivity contribution in [3.05, 3.63) is 36.7 Å². The van der Waals surface area contributed by atoms with Gasteiger partial charge in [0.15, 0.2) is 0 Å². The summed E-state index contributed by atoms with van der Waals surface area (Å²) in [4.78, 5) is 0. The molecule has 0 aliphatic rings. The third-order valence-corrected chi connectivity index (χ3v) is 2.28. The standard InChI is InChI=1S/C14H25N/c1-9-11(13(3,4)5)12(15-10-2)14(6,7)8/h9-10,15H,1-2H2,3-8H3/b12-11+. The third-order valence-electron chi connectivity index (χ3n) is 2.28. The highest BCUT2D eigenvalue weighted by Gasteiger charge is 2.25. The summed E-state index contributed by atoms with van der Waals surface area (Å²) < 4.78 is 0. The van der Waals surface area contributed by atoms with E-state index in [0.29, 0.717) is 0 Å². The highest BCUT2D eigenvalue weighted by atomic mass is 14.9. The molecule has 0 unspecified atom stereocenters. The second kappa shape index (κ2) is 4.69. The Morgan fingerprint density at radius 1 is 0.933 bits per heavy atom. The summed E-state index contributed by atoms with van der Waals surface area (Å²) in [6.45, 7) is 20.8. The van der Waals surface area contributed by atoms with Crippen molar-refractivity contribution in [3.63, 3.8) is 0 Å². The number of nitrogens with one attached hydrogen (secondary N) is 1. The van der Waals surface area contributed by atoms with Crippen molar-refractivity contribution in [1.82, 2.24) is 5.32 Å². The van der Waals surface area contributed by atoms with Crippen molar-refractivity contribution in [2.45, 2.75) is 41.5 Å². The van der Waals surface area contributed by atoms with E-state index in [-0.39, 0.29) is 10.8 Å². The zero-order chi connectivity index (χ0) is 12.3. The molecule has 0 radical (unpaired) electrons. The van der Waals surface area contributed by atoms with E-state index in [1.54, 1.807) is 6.20 Å². The lowest BCUT2D eigenvalue weighted by Crippen LogP contribution is -2.26. The SMILES string of the molecule is C=CN/C(=C(\C=C)C(C)(C)C)C(C)(C)C. The molecule has 0 aliphatic heterocycles. The largest absolute Gasteiger partial charge is 0.365 e. The van der Waals surface area contributed by atoms with Gasteiger partial charge in [0.25, 0.3) is 0 Å². The van der Waals surface area contributed by atoms with Crippen LogP contribution >= 0.6 is 0 Å². The maximum atomic E-state index is 3.91. The summed E-state index contributed by atoms with van der Waals surface area (Å²) in [7, 11) is 0. The Labute approximate surface area is 95.0 Å². The second-order valence-electron chi connectivity index (χ2n) is 5.84. The Kier molecular flexibility index (Phi) is 4.39. The van der Waals surface area contributed by atoms with Crippen LogP contribution < -0.4 is 5.32 Å². The Morgan fingerprint density at radius 3 is 1.60 bits per heavy atom. The van der Waals surface area contributed by atoms with Gasteiger partial charge in [0, 0.05) is 11.1 Å². The van der Waals surface area contributed by atoms with Crippen molar-refractivity contribution in [3.8, 4) is 0 Å². The van der Waals surface area contributed by atoms with Crippen LogP contribution in [0.2, 0.25) is 0 Å². The van der Waals surface area contributed by atoms with Crippen LogP contribution in [0, 0.1) is 10.8 Å². The molecule has 1 nitrogen and oxygen atoms in total. The second-order valence-corrected chi connectivity index (χ2v) is 5.84.